The maximum Gasteiger partial charge on any atom is 0.482 e. The molecule has 0 bridgehead atoms. The molecule has 1 aromatic heterocycles. The van der Waals surface area contributed by atoms with Gasteiger partial charge in [0.2, 0.25) is 0 Å². The second kappa shape index (κ2) is 5.23. The van der Waals surface area contributed by atoms with Gasteiger partial charge in [-0.2, -0.15) is 17.5 Å². The molecule has 0 radical (unpaired) electrons. The summed E-state index contributed by atoms with van der Waals surface area (Å²) < 4.78 is 40.3. The fraction of sp³-hybridized carbons (Fsp3) is 0.200. The van der Waals surface area contributed by atoms with Crippen molar-refractivity contribution in [3.8, 4) is 11.4 Å². The highest BCUT2D eigenvalue weighted by Crippen LogP contribution is 2.24. The lowest BCUT2D eigenvalue weighted by Gasteiger charge is -2.09. The molecule has 0 saturated carbocycles. The number of hydrogen-bond donors (Lipinski definition) is 1. The Morgan fingerprint density at radius 2 is 1.89 bits per heavy atom. The summed E-state index contributed by atoms with van der Waals surface area (Å²) in [5.74, 6) is 0.521. The first-order valence-corrected chi connectivity index (χ1v) is 6.71. The molecule has 0 unspecified atom stereocenters. The lowest BCUT2D eigenvalue weighted by atomic mass is 10.2. The number of nitrogens with zero attached hydrogens (tertiary/aromatic N) is 2. The van der Waals surface area contributed by atoms with E-state index in [9.17, 15) is 13.2 Å². The number of anilines is 1. The normalized spacial score (nSPS) is 11.6. The Bertz CT molecular complexity index is 524. The molecule has 2 aromatic rings. The lowest BCUT2D eigenvalue weighted by Crippen LogP contribution is -2.20. The van der Waals surface area contributed by atoms with Crippen LogP contribution < -0.4 is 5.32 Å². The number of rotatable bonds is 3. The van der Waals surface area contributed by atoms with E-state index in [4.69, 9.17) is 0 Å². The molecule has 1 N–H and O–H groups in total. The van der Waals surface area contributed by atoms with Crippen LogP contribution in [0.3, 0.4) is 0 Å². The summed E-state index contributed by atoms with van der Waals surface area (Å²) >= 11 is 4.52. The molecule has 0 saturated heterocycles. The number of halogens is 4. The van der Waals surface area contributed by atoms with Crippen LogP contribution in [0.4, 0.5) is 18.9 Å². The predicted molar refractivity (Wildman–Crippen MR) is 67.7 cm³/mol. The first-order valence-electron chi connectivity index (χ1n) is 4.82. The van der Waals surface area contributed by atoms with E-state index in [-0.39, 0.29) is 5.69 Å². The lowest BCUT2D eigenvalue weighted by molar-refractivity contribution is -0.0999. The van der Waals surface area contributed by atoms with Crippen molar-refractivity contribution < 1.29 is 13.2 Å². The zero-order valence-electron chi connectivity index (χ0n) is 8.83. The Labute approximate surface area is 113 Å². The van der Waals surface area contributed by atoms with E-state index >= 15 is 0 Å². The van der Waals surface area contributed by atoms with Crippen LogP contribution in [0.25, 0.3) is 11.4 Å². The van der Waals surface area contributed by atoms with Crippen molar-refractivity contribution in [2.45, 2.75) is 11.6 Å². The van der Waals surface area contributed by atoms with Gasteiger partial charge in [-0.25, -0.2) is 4.98 Å². The molecule has 1 aromatic carbocycles. The third kappa shape index (κ3) is 3.42. The van der Waals surface area contributed by atoms with Crippen molar-refractivity contribution in [3.05, 3.63) is 29.3 Å². The second-order valence-corrected chi connectivity index (χ2v) is 4.74. The Balaban J connectivity index is 2.17. The van der Waals surface area contributed by atoms with Gasteiger partial charge in [-0.05, 0) is 35.8 Å². The van der Waals surface area contributed by atoms with Gasteiger partial charge in [0.05, 0.1) is 5.33 Å². The molecule has 96 valence electrons. The SMILES string of the molecule is FC(F)(F)Nc1ccc(-c2nsc(CBr)n2)cc1. The molecule has 2 rings (SSSR count). The quantitative estimate of drug-likeness (QED) is 0.678. The van der Waals surface area contributed by atoms with E-state index in [1.165, 1.54) is 29.0 Å². The number of alkyl halides is 4. The van der Waals surface area contributed by atoms with Crippen LogP contribution in [-0.2, 0) is 5.33 Å². The molecule has 8 heteroatoms. The van der Waals surface area contributed by atoms with Crippen molar-refractivity contribution in [2.75, 3.05) is 5.32 Å². The Kier molecular flexibility index (Phi) is 3.86. The summed E-state index contributed by atoms with van der Waals surface area (Å²) in [5.41, 5.74) is 0.674. The van der Waals surface area contributed by atoms with E-state index in [1.807, 2.05) is 0 Å². The van der Waals surface area contributed by atoms with Gasteiger partial charge in [-0.3, -0.25) is 5.32 Å². The van der Waals surface area contributed by atoms with Crippen LogP contribution in [0.5, 0.6) is 0 Å². The Morgan fingerprint density at radius 1 is 1.22 bits per heavy atom. The number of benzene rings is 1. The highest BCUT2D eigenvalue weighted by molar-refractivity contribution is 9.08. The molecule has 3 nitrogen and oxygen atoms in total. The fourth-order valence-electron chi connectivity index (χ4n) is 1.29. The van der Waals surface area contributed by atoms with E-state index < -0.39 is 6.30 Å². The van der Waals surface area contributed by atoms with Gasteiger partial charge in [0, 0.05) is 11.3 Å². The molecular weight excluding hydrogens is 331 g/mol. The molecule has 0 fully saturated rings. The van der Waals surface area contributed by atoms with Crippen LogP contribution in [0.15, 0.2) is 24.3 Å². The number of hydrogen-bond acceptors (Lipinski definition) is 4. The van der Waals surface area contributed by atoms with Crippen molar-refractivity contribution in [3.63, 3.8) is 0 Å². The first-order chi connectivity index (χ1) is 8.48. The molecule has 0 aliphatic carbocycles. The van der Waals surface area contributed by atoms with Crippen LogP contribution >= 0.6 is 27.5 Å². The highest BCUT2D eigenvalue weighted by atomic mass is 79.9. The fourth-order valence-corrected chi connectivity index (χ4v) is 2.24. The maximum absolute atomic E-state index is 12.1. The third-order valence-electron chi connectivity index (χ3n) is 2.01. The van der Waals surface area contributed by atoms with Gasteiger partial charge < -0.3 is 0 Å². The largest absolute Gasteiger partial charge is 0.482 e. The van der Waals surface area contributed by atoms with Crippen LogP contribution in [0.1, 0.15) is 5.01 Å². The second-order valence-electron chi connectivity index (χ2n) is 3.35. The van der Waals surface area contributed by atoms with E-state index in [2.05, 4.69) is 25.3 Å². The van der Waals surface area contributed by atoms with Gasteiger partial charge in [-0.15, -0.1) is 0 Å². The van der Waals surface area contributed by atoms with Gasteiger partial charge in [0.25, 0.3) is 0 Å². The zero-order valence-corrected chi connectivity index (χ0v) is 11.2. The smallest absolute Gasteiger partial charge is 0.298 e. The molecule has 0 amide bonds. The summed E-state index contributed by atoms with van der Waals surface area (Å²) in [5, 5.41) is 2.86. The summed E-state index contributed by atoms with van der Waals surface area (Å²) in [7, 11) is 0. The standard InChI is InChI=1S/C10H7BrF3N3S/c11-5-8-15-9(17-18-8)6-1-3-7(4-2-6)16-10(12,13)14/h1-4,16H,5H2. The minimum absolute atomic E-state index is 0.0119. The third-order valence-corrected chi connectivity index (χ3v) is 3.62. The Morgan fingerprint density at radius 3 is 2.39 bits per heavy atom. The molecule has 0 aliphatic rings. The summed E-state index contributed by atoms with van der Waals surface area (Å²) in [4.78, 5) is 4.22. The monoisotopic (exact) mass is 337 g/mol. The minimum atomic E-state index is -4.43. The zero-order chi connectivity index (χ0) is 13.2. The van der Waals surface area contributed by atoms with E-state index in [1.54, 1.807) is 12.1 Å². The van der Waals surface area contributed by atoms with Crippen LogP contribution in [0, 0.1) is 0 Å². The predicted octanol–water partition coefficient (Wildman–Crippen LogP) is 4.03. The Hall–Kier alpha value is -1.15. The molecule has 1 heterocycles. The summed E-state index contributed by atoms with van der Waals surface area (Å²) in [6, 6.07) is 5.79. The minimum Gasteiger partial charge on any atom is -0.298 e. The van der Waals surface area contributed by atoms with Gasteiger partial charge in [0.15, 0.2) is 5.82 Å². The summed E-state index contributed by atoms with van der Waals surface area (Å²) in [6.45, 7) is 0. The topological polar surface area (TPSA) is 37.8 Å². The molecule has 0 aliphatic heterocycles. The van der Waals surface area contributed by atoms with Gasteiger partial charge >= 0.3 is 6.30 Å². The van der Waals surface area contributed by atoms with Gasteiger partial charge in [0.1, 0.15) is 5.01 Å². The number of nitrogens with one attached hydrogen (secondary N) is 1. The summed E-state index contributed by atoms with van der Waals surface area (Å²) in [6.07, 6.45) is -4.43. The van der Waals surface area contributed by atoms with Crippen LogP contribution in [-0.4, -0.2) is 15.7 Å². The van der Waals surface area contributed by atoms with E-state index in [0.717, 1.165) is 5.01 Å². The number of aromatic nitrogens is 2. The molecule has 18 heavy (non-hydrogen) atoms. The highest BCUT2D eigenvalue weighted by Gasteiger charge is 2.26. The van der Waals surface area contributed by atoms with Crippen molar-refractivity contribution in [1.29, 1.82) is 0 Å². The van der Waals surface area contributed by atoms with Crippen molar-refractivity contribution in [1.82, 2.24) is 9.36 Å². The maximum atomic E-state index is 12.1. The first kappa shape index (κ1) is 13.3. The molecular formula is C10H7BrF3N3S. The molecule has 0 spiro atoms. The van der Waals surface area contributed by atoms with Crippen LogP contribution in [0.2, 0.25) is 0 Å². The average molecular weight is 338 g/mol. The average Bonchev–Trinajstić information content (AvgIpc) is 2.76. The van der Waals surface area contributed by atoms with E-state index in [0.29, 0.717) is 16.7 Å². The van der Waals surface area contributed by atoms with Gasteiger partial charge in [-0.1, -0.05) is 15.9 Å². The molecule has 0 atom stereocenters. The van der Waals surface area contributed by atoms with Crippen molar-refractivity contribution >= 4 is 33.1 Å². The van der Waals surface area contributed by atoms with Crippen molar-refractivity contribution in [2.24, 2.45) is 0 Å².